The lowest BCUT2D eigenvalue weighted by Crippen LogP contribution is -2.44. The fourth-order valence-electron chi connectivity index (χ4n) is 5.41. The van der Waals surface area contributed by atoms with Crippen molar-refractivity contribution in [3.05, 3.63) is 81.5 Å². The van der Waals surface area contributed by atoms with Crippen LogP contribution in [0.4, 0.5) is 8.78 Å². The quantitative estimate of drug-likeness (QED) is 0.236. The summed E-state index contributed by atoms with van der Waals surface area (Å²) in [6.45, 7) is 2.15. The molecule has 1 aliphatic rings. The standard InChI is InChI=1S/C30H30ClF2N3O2S/c1-17-4-11-23(32)28-26(17)27(31)29(39-28)30(37)36(22-9-7-21(34-2)8-10-22)16-20-14-18(5-12-24(20)38-3)19-6-13-25(33)35-15-19/h4-6,11-15,21-22,34H,7-10,16H2,1-3H3/t21-,22-. The highest BCUT2D eigenvalue weighted by molar-refractivity contribution is 7.21. The summed E-state index contributed by atoms with van der Waals surface area (Å²) in [6.07, 6.45) is 5.03. The maximum atomic E-state index is 14.7. The Morgan fingerprint density at radius 2 is 1.87 bits per heavy atom. The van der Waals surface area contributed by atoms with E-state index in [4.69, 9.17) is 16.3 Å². The van der Waals surface area contributed by atoms with Crippen LogP contribution in [0, 0.1) is 18.7 Å². The molecular formula is C30H30ClF2N3O2S. The molecule has 1 aliphatic carbocycles. The number of hydrogen-bond donors (Lipinski definition) is 1. The number of pyridine rings is 1. The summed E-state index contributed by atoms with van der Waals surface area (Å²) in [4.78, 5) is 20.2. The first kappa shape index (κ1) is 27.5. The van der Waals surface area contributed by atoms with Crippen LogP contribution in [0.25, 0.3) is 21.2 Å². The number of fused-ring (bicyclic) bond motifs is 1. The Bertz CT molecular complexity index is 1500. The van der Waals surface area contributed by atoms with E-state index in [2.05, 4.69) is 10.3 Å². The van der Waals surface area contributed by atoms with Gasteiger partial charge in [0.1, 0.15) is 16.4 Å². The van der Waals surface area contributed by atoms with Gasteiger partial charge in [-0.2, -0.15) is 4.39 Å². The van der Waals surface area contributed by atoms with Gasteiger partial charge in [-0.05, 0) is 81.1 Å². The van der Waals surface area contributed by atoms with Crippen molar-refractivity contribution in [3.63, 3.8) is 0 Å². The molecule has 0 atom stereocenters. The molecule has 0 aliphatic heterocycles. The molecule has 0 saturated heterocycles. The molecule has 2 aromatic carbocycles. The van der Waals surface area contributed by atoms with Gasteiger partial charge in [-0.25, -0.2) is 9.37 Å². The summed E-state index contributed by atoms with van der Waals surface area (Å²) in [6, 6.07) is 12.2. The zero-order chi connectivity index (χ0) is 27.7. The van der Waals surface area contributed by atoms with Gasteiger partial charge >= 0.3 is 0 Å². The third kappa shape index (κ3) is 5.51. The number of aromatic nitrogens is 1. The lowest BCUT2D eigenvalue weighted by atomic mass is 9.89. The summed E-state index contributed by atoms with van der Waals surface area (Å²) in [5.74, 6) is -0.512. The smallest absolute Gasteiger partial charge is 0.266 e. The van der Waals surface area contributed by atoms with Crippen LogP contribution in [0.5, 0.6) is 5.75 Å². The van der Waals surface area contributed by atoms with Crippen LogP contribution in [0.3, 0.4) is 0 Å². The number of thiophene rings is 1. The van der Waals surface area contributed by atoms with E-state index in [1.54, 1.807) is 19.2 Å². The molecule has 4 aromatic rings. The Kier molecular flexibility index (Phi) is 8.16. The minimum absolute atomic E-state index is 0.0184. The summed E-state index contributed by atoms with van der Waals surface area (Å²) in [7, 11) is 3.55. The predicted octanol–water partition coefficient (Wildman–Crippen LogP) is 7.38. The molecular weight excluding hydrogens is 540 g/mol. The first-order valence-electron chi connectivity index (χ1n) is 12.9. The molecule has 2 aromatic heterocycles. The summed E-state index contributed by atoms with van der Waals surface area (Å²) in [5, 5.41) is 4.23. The fraction of sp³-hybridized carbons (Fsp3) is 0.333. The molecule has 0 spiro atoms. The van der Waals surface area contributed by atoms with Crippen LogP contribution in [0.15, 0.2) is 48.7 Å². The van der Waals surface area contributed by atoms with Gasteiger partial charge in [0.05, 0.1) is 16.8 Å². The van der Waals surface area contributed by atoms with Crippen LogP contribution < -0.4 is 10.1 Å². The SMILES string of the molecule is CN[C@H]1CC[C@H](N(Cc2cc(-c3ccc(F)nc3)ccc2OC)C(=O)c2sc3c(F)ccc(C)c3c2Cl)CC1. The molecule has 204 valence electrons. The predicted molar refractivity (Wildman–Crippen MR) is 153 cm³/mol. The van der Waals surface area contributed by atoms with Gasteiger partial charge in [0.25, 0.3) is 5.91 Å². The maximum Gasteiger partial charge on any atom is 0.266 e. The van der Waals surface area contributed by atoms with Crippen molar-refractivity contribution in [3.8, 4) is 16.9 Å². The Labute approximate surface area is 235 Å². The number of carbonyl (C=O) groups excluding carboxylic acids is 1. The number of ether oxygens (including phenoxy) is 1. The van der Waals surface area contributed by atoms with Gasteiger partial charge in [-0.1, -0.05) is 23.7 Å². The topological polar surface area (TPSA) is 54.5 Å². The molecule has 1 amide bonds. The molecule has 1 N–H and O–H groups in total. The number of amides is 1. The van der Waals surface area contributed by atoms with Gasteiger partial charge in [-0.15, -0.1) is 11.3 Å². The van der Waals surface area contributed by atoms with Crippen LogP contribution in [-0.4, -0.2) is 42.0 Å². The third-order valence-electron chi connectivity index (χ3n) is 7.62. The zero-order valence-electron chi connectivity index (χ0n) is 22.1. The Morgan fingerprint density at radius 3 is 2.51 bits per heavy atom. The maximum absolute atomic E-state index is 14.7. The highest BCUT2D eigenvalue weighted by atomic mass is 35.5. The fourth-order valence-corrected chi connectivity index (χ4v) is 7.04. The largest absolute Gasteiger partial charge is 0.496 e. The number of aryl methyl sites for hydroxylation is 1. The normalized spacial score (nSPS) is 17.4. The number of hydrogen-bond acceptors (Lipinski definition) is 5. The molecule has 2 heterocycles. The van der Waals surface area contributed by atoms with E-state index >= 15 is 0 Å². The zero-order valence-corrected chi connectivity index (χ0v) is 23.6. The lowest BCUT2D eigenvalue weighted by Gasteiger charge is -2.37. The molecule has 0 radical (unpaired) electrons. The van der Waals surface area contributed by atoms with Gasteiger partial charge in [0, 0.05) is 41.3 Å². The van der Waals surface area contributed by atoms with Crippen LogP contribution in [0.1, 0.15) is 46.5 Å². The monoisotopic (exact) mass is 569 g/mol. The summed E-state index contributed by atoms with van der Waals surface area (Å²) < 4.78 is 34.2. The van der Waals surface area contributed by atoms with Crippen molar-refractivity contribution in [1.82, 2.24) is 15.2 Å². The van der Waals surface area contributed by atoms with Crippen molar-refractivity contribution >= 4 is 38.9 Å². The average molecular weight is 570 g/mol. The van der Waals surface area contributed by atoms with Crippen molar-refractivity contribution in [1.29, 1.82) is 0 Å². The van der Waals surface area contributed by atoms with E-state index in [0.717, 1.165) is 59.3 Å². The minimum atomic E-state index is -0.548. The molecule has 1 fully saturated rings. The third-order valence-corrected chi connectivity index (χ3v) is 9.30. The van der Waals surface area contributed by atoms with Crippen molar-refractivity contribution in [2.45, 2.75) is 51.2 Å². The van der Waals surface area contributed by atoms with E-state index in [-0.39, 0.29) is 24.3 Å². The number of methoxy groups -OCH3 is 1. The van der Waals surface area contributed by atoms with Gasteiger partial charge < -0.3 is 15.0 Å². The Hall–Kier alpha value is -3.07. The highest BCUT2D eigenvalue weighted by Crippen LogP contribution is 2.41. The highest BCUT2D eigenvalue weighted by Gasteiger charge is 2.32. The minimum Gasteiger partial charge on any atom is -0.496 e. The second-order valence-corrected chi connectivity index (χ2v) is 11.3. The van der Waals surface area contributed by atoms with E-state index in [1.807, 2.05) is 37.1 Å². The second-order valence-electron chi connectivity index (χ2n) is 9.94. The van der Waals surface area contributed by atoms with Crippen LogP contribution >= 0.6 is 22.9 Å². The number of nitrogens with zero attached hydrogens (tertiary/aromatic N) is 2. The number of halogens is 3. The number of benzene rings is 2. The number of carbonyl (C=O) groups is 1. The Balaban J connectivity index is 1.55. The van der Waals surface area contributed by atoms with E-state index in [0.29, 0.717) is 31.8 Å². The first-order valence-corrected chi connectivity index (χ1v) is 14.1. The van der Waals surface area contributed by atoms with Gasteiger partial charge in [0.2, 0.25) is 5.95 Å². The molecule has 5 rings (SSSR count). The average Bonchev–Trinajstić information content (AvgIpc) is 3.32. The molecule has 5 nitrogen and oxygen atoms in total. The van der Waals surface area contributed by atoms with Gasteiger partial charge in [-0.3, -0.25) is 4.79 Å². The summed E-state index contributed by atoms with van der Waals surface area (Å²) in [5.41, 5.74) is 3.23. The lowest BCUT2D eigenvalue weighted by molar-refractivity contribution is 0.0604. The molecule has 39 heavy (non-hydrogen) atoms. The Morgan fingerprint density at radius 1 is 1.13 bits per heavy atom. The number of nitrogens with one attached hydrogen (secondary N) is 1. The van der Waals surface area contributed by atoms with Crippen LogP contribution in [0.2, 0.25) is 5.02 Å². The van der Waals surface area contributed by atoms with Crippen molar-refractivity contribution < 1.29 is 18.3 Å². The number of rotatable bonds is 7. The molecule has 1 saturated carbocycles. The van der Waals surface area contributed by atoms with Crippen molar-refractivity contribution in [2.24, 2.45) is 0 Å². The second kappa shape index (κ2) is 11.6. The van der Waals surface area contributed by atoms with E-state index in [1.165, 1.54) is 18.3 Å². The van der Waals surface area contributed by atoms with Gasteiger partial charge in [0.15, 0.2) is 0 Å². The van der Waals surface area contributed by atoms with Crippen molar-refractivity contribution in [2.75, 3.05) is 14.2 Å². The molecule has 9 heteroatoms. The van der Waals surface area contributed by atoms with E-state index in [9.17, 15) is 13.6 Å². The molecule has 0 bridgehead atoms. The van der Waals surface area contributed by atoms with E-state index < -0.39 is 5.95 Å². The molecule has 0 unspecified atom stereocenters. The summed E-state index contributed by atoms with van der Waals surface area (Å²) >= 11 is 7.87. The first-order chi connectivity index (χ1) is 18.8. The van der Waals surface area contributed by atoms with Crippen LogP contribution in [-0.2, 0) is 6.54 Å².